The number of phenols is 2. The van der Waals surface area contributed by atoms with Crippen LogP contribution in [0.1, 0.15) is 93.7 Å². The van der Waals surface area contributed by atoms with Crippen LogP contribution in [0.15, 0.2) is 103 Å². The molecule has 0 aliphatic carbocycles. The van der Waals surface area contributed by atoms with E-state index in [2.05, 4.69) is 37.6 Å². The number of nitrogens with zero attached hydrogens (tertiary/aromatic N) is 4. The highest BCUT2D eigenvalue weighted by atomic mass is 35.5. The van der Waals surface area contributed by atoms with E-state index in [9.17, 15) is 29.7 Å². The fourth-order valence-corrected chi connectivity index (χ4v) is 10.5. The summed E-state index contributed by atoms with van der Waals surface area (Å²) < 4.78 is 6.21. The van der Waals surface area contributed by atoms with Crippen molar-refractivity contribution in [3.05, 3.63) is 131 Å². The van der Waals surface area contributed by atoms with Crippen molar-refractivity contribution in [3.63, 3.8) is 0 Å². The Morgan fingerprint density at radius 3 is 1.99 bits per heavy atom. The van der Waals surface area contributed by atoms with Crippen molar-refractivity contribution in [2.24, 2.45) is 5.41 Å². The first-order valence-corrected chi connectivity index (χ1v) is 26.7. The van der Waals surface area contributed by atoms with Crippen LogP contribution >= 0.6 is 22.9 Å². The van der Waals surface area contributed by atoms with Crippen molar-refractivity contribution in [2.45, 2.75) is 97.4 Å². The number of likely N-dealkylation sites (tertiary alicyclic amines) is 1. The Morgan fingerprint density at radius 1 is 0.792 bits per heavy atom. The molecular weight excluding hydrogens is 948 g/mol. The lowest BCUT2D eigenvalue weighted by Gasteiger charge is -2.35. The van der Waals surface area contributed by atoms with E-state index in [1.54, 1.807) is 35.6 Å². The number of phenolic OH excluding ortho intramolecular Hbond substituents is 2. The van der Waals surface area contributed by atoms with Gasteiger partial charge in [0.1, 0.15) is 35.9 Å². The predicted molar refractivity (Wildman–Crippen MR) is 287 cm³/mol. The van der Waals surface area contributed by atoms with E-state index < -0.39 is 23.6 Å². The number of aliphatic hydroxyl groups excluding tert-OH is 1. The van der Waals surface area contributed by atoms with Crippen LogP contribution in [0.2, 0.25) is 0 Å². The van der Waals surface area contributed by atoms with Crippen molar-refractivity contribution in [1.29, 1.82) is 0 Å². The van der Waals surface area contributed by atoms with E-state index in [4.69, 9.17) is 16.3 Å². The largest absolute Gasteiger partial charge is 0.508 e. The van der Waals surface area contributed by atoms with Gasteiger partial charge in [-0.3, -0.25) is 19.3 Å². The molecule has 15 heteroatoms. The summed E-state index contributed by atoms with van der Waals surface area (Å²) in [7, 11) is 0. The van der Waals surface area contributed by atoms with E-state index in [0.29, 0.717) is 25.3 Å². The van der Waals surface area contributed by atoms with Crippen LogP contribution < -0.4 is 15.4 Å². The summed E-state index contributed by atoms with van der Waals surface area (Å²) in [5, 5.41) is 36.5. The third kappa shape index (κ3) is 14.9. The van der Waals surface area contributed by atoms with Gasteiger partial charge in [0, 0.05) is 64.5 Å². The minimum atomic E-state index is -0.848. The van der Waals surface area contributed by atoms with Crippen molar-refractivity contribution in [2.75, 3.05) is 58.3 Å². The van der Waals surface area contributed by atoms with Crippen LogP contribution in [0, 0.1) is 12.3 Å². The second kappa shape index (κ2) is 25.7. The molecule has 4 aromatic carbocycles. The van der Waals surface area contributed by atoms with Gasteiger partial charge in [-0.05, 0) is 114 Å². The minimum absolute atomic E-state index is 0.0355. The van der Waals surface area contributed by atoms with E-state index in [-0.39, 0.29) is 48.7 Å². The lowest BCUT2D eigenvalue weighted by molar-refractivity contribution is -0.144. The standard InChI is InChI=1S/C57H71ClN6O7S/c1-39-53(72-38-60-39)44-12-10-40(11-13-44)36-59-55(69)50-35-47(67)37-64(50)56(70)54(57(2,3)4)61-51(68)9-7-5-6-8-28-62-29-31-63(32-30-62)33-34-71-48-24-18-43(19-25-48)52(42-16-22-46(66)23-17-42)49(26-27-58)41-14-20-45(65)21-15-41/h10-25,38,47,50,54,65-67H,5-9,26-37H2,1-4H3,(H,59,69)(H,61,68)/t47-,50+,54-/m1/s1. The van der Waals surface area contributed by atoms with Crippen LogP contribution in [0.25, 0.3) is 21.6 Å². The molecule has 72 heavy (non-hydrogen) atoms. The van der Waals surface area contributed by atoms with Gasteiger partial charge in [-0.15, -0.1) is 22.9 Å². The molecule has 0 saturated carbocycles. The number of rotatable bonds is 22. The molecule has 3 amide bonds. The number of carbonyl (C=O) groups excluding carboxylic acids is 3. The molecule has 3 heterocycles. The number of aromatic nitrogens is 1. The number of alkyl halides is 1. The average molecular weight is 1020 g/mol. The van der Waals surface area contributed by atoms with Crippen LogP contribution in [0.5, 0.6) is 17.2 Å². The fraction of sp³-hybridized carbons (Fsp3) is 0.439. The Kier molecular flexibility index (Phi) is 19.3. The maximum absolute atomic E-state index is 14.1. The van der Waals surface area contributed by atoms with Crippen molar-refractivity contribution in [3.8, 4) is 27.7 Å². The summed E-state index contributed by atoms with van der Waals surface area (Å²) in [6, 6.07) is 28.7. The third-order valence-corrected chi connectivity index (χ3v) is 14.8. The molecule has 384 valence electrons. The number of aromatic hydroxyl groups is 2. The first-order valence-electron chi connectivity index (χ1n) is 25.3. The van der Waals surface area contributed by atoms with Gasteiger partial charge in [0.15, 0.2) is 0 Å². The molecule has 2 aliphatic rings. The molecule has 2 fully saturated rings. The first kappa shape index (κ1) is 54.0. The molecular formula is C57H71ClN6O7S. The molecule has 13 nitrogen and oxygen atoms in total. The summed E-state index contributed by atoms with van der Waals surface area (Å²) in [6.45, 7) is 14.4. The summed E-state index contributed by atoms with van der Waals surface area (Å²) in [6.07, 6.45) is 3.93. The molecule has 2 saturated heterocycles. The Hall–Kier alpha value is -5.77. The summed E-state index contributed by atoms with van der Waals surface area (Å²) in [5.41, 5.74) is 9.13. The number of nitrogens with one attached hydrogen (secondary N) is 2. The average Bonchev–Trinajstić information content (AvgIpc) is 3.99. The Morgan fingerprint density at radius 2 is 1.39 bits per heavy atom. The molecule has 5 aromatic rings. The summed E-state index contributed by atoms with van der Waals surface area (Å²) in [5.74, 6) is 0.742. The zero-order chi connectivity index (χ0) is 51.2. The number of aryl methyl sites for hydroxylation is 1. The number of β-amino-alcohol motifs (C(OH)–C–C–N with tert-alkyl or cyclic N) is 1. The molecule has 0 unspecified atom stereocenters. The van der Waals surface area contributed by atoms with Gasteiger partial charge in [-0.1, -0.05) is 94.3 Å². The van der Waals surface area contributed by atoms with Crippen molar-refractivity contribution >= 4 is 51.8 Å². The van der Waals surface area contributed by atoms with Crippen molar-refractivity contribution in [1.82, 2.24) is 30.3 Å². The van der Waals surface area contributed by atoms with Crippen LogP contribution in [0.4, 0.5) is 0 Å². The smallest absolute Gasteiger partial charge is 0.246 e. The van der Waals surface area contributed by atoms with Crippen LogP contribution in [-0.4, -0.2) is 129 Å². The zero-order valence-electron chi connectivity index (χ0n) is 42.1. The summed E-state index contributed by atoms with van der Waals surface area (Å²) in [4.78, 5) is 52.7. The highest BCUT2D eigenvalue weighted by Crippen LogP contribution is 2.37. The van der Waals surface area contributed by atoms with E-state index >= 15 is 0 Å². The van der Waals surface area contributed by atoms with E-state index in [1.807, 2.05) is 93.9 Å². The third-order valence-electron chi connectivity index (χ3n) is 13.6. The highest BCUT2D eigenvalue weighted by Gasteiger charge is 2.44. The van der Waals surface area contributed by atoms with Gasteiger partial charge in [-0.2, -0.15) is 0 Å². The highest BCUT2D eigenvalue weighted by molar-refractivity contribution is 7.13. The van der Waals surface area contributed by atoms with Crippen LogP contribution in [0.3, 0.4) is 0 Å². The van der Waals surface area contributed by atoms with Gasteiger partial charge in [-0.25, -0.2) is 4.98 Å². The number of benzene rings is 4. The number of amides is 3. The van der Waals surface area contributed by atoms with Crippen LogP contribution in [-0.2, 0) is 20.9 Å². The van der Waals surface area contributed by atoms with Gasteiger partial charge < -0.3 is 40.5 Å². The number of halogens is 1. The first-order chi connectivity index (χ1) is 34.7. The lowest BCUT2D eigenvalue weighted by atomic mass is 9.85. The SMILES string of the molecule is Cc1ncsc1-c1ccc(CNC(=O)[C@@H]2C[C@@H](O)CN2C(=O)[C@@H](NC(=O)CCCCCCN2CCN(CCOc3ccc(C(=C(CCCl)c4ccc(O)cc4)c4ccc(O)cc4)cc3)CC2)C(C)(C)C)cc1. The van der Waals surface area contributed by atoms with E-state index in [0.717, 1.165) is 120 Å². The molecule has 0 radical (unpaired) electrons. The topological polar surface area (TPSA) is 168 Å². The number of unbranched alkanes of at least 4 members (excludes halogenated alkanes) is 3. The quantitative estimate of drug-likeness (QED) is 0.0257. The zero-order valence-corrected chi connectivity index (χ0v) is 43.7. The molecule has 0 bridgehead atoms. The van der Waals surface area contributed by atoms with Crippen molar-refractivity contribution < 1.29 is 34.4 Å². The van der Waals surface area contributed by atoms with Gasteiger partial charge in [0.05, 0.1) is 22.2 Å². The maximum atomic E-state index is 14.1. The van der Waals surface area contributed by atoms with Gasteiger partial charge in [0.25, 0.3) is 0 Å². The molecule has 2 aliphatic heterocycles. The molecule has 7 rings (SSSR count). The number of thiazole rings is 1. The number of ether oxygens (including phenoxy) is 1. The Balaban J connectivity index is 0.794. The number of hydrogen-bond donors (Lipinski definition) is 5. The molecule has 1 aromatic heterocycles. The Bertz CT molecular complexity index is 2570. The van der Waals surface area contributed by atoms with E-state index in [1.165, 1.54) is 4.90 Å². The molecule has 5 N–H and O–H groups in total. The normalized spacial score (nSPS) is 17.3. The van der Waals surface area contributed by atoms with Gasteiger partial charge in [0.2, 0.25) is 17.7 Å². The number of carbonyl (C=O) groups is 3. The molecule has 0 spiro atoms. The maximum Gasteiger partial charge on any atom is 0.246 e. The second-order valence-corrected chi connectivity index (χ2v) is 21.3. The second-order valence-electron chi connectivity index (χ2n) is 20.1. The number of piperazine rings is 1. The predicted octanol–water partition coefficient (Wildman–Crippen LogP) is 8.87. The van der Waals surface area contributed by atoms with Gasteiger partial charge >= 0.3 is 0 Å². The number of allylic oxidation sites excluding steroid dienone is 1. The Labute approximate surface area is 433 Å². The monoisotopic (exact) mass is 1020 g/mol. The number of hydrogen-bond acceptors (Lipinski definition) is 11. The molecule has 3 atom stereocenters. The number of aliphatic hydroxyl groups is 1. The fourth-order valence-electron chi connectivity index (χ4n) is 9.55. The summed E-state index contributed by atoms with van der Waals surface area (Å²) >= 11 is 7.91. The minimum Gasteiger partial charge on any atom is -0.508 e. The lowest BCUT2D eigenvalue weighted by Crippen LogP contribution is -2.57.